The first-order valence-electron chi connectivity index (χ1n) is 13.3. The monoisotopic (exact) mass is 536 g/mol. The number of benzene rings is 1. The van der Waals surface area contributed by atoms with Gasteiger partial charge < -0.3 is 34.0 Å². The van der Waals surface area contributed by atoms with Gasteiger partial charge in [0.05, 0.1) is 51.2 Å². The number of hydrogen-bond acceptors (Lipinski definition) is 10. The number of piperidine rings is 1. The highest BCUT2D eigenvalue weighted by atomic mass is 16.5. The molecule has 0 saturated carbocycles. The first-order valence-corrected chi connectivity index (χ1v) is 13.3. The molecule has 11 heteroatoms. The highest BCUT2D eigenvalue weighted by Crippen LogP contribution is 2.32. The van der Waals surface area contributed by atoms with Gasteiger partial charge in [0.2, 0.25) is 5.95 Å². The van der Waals surface area contributed by atoms with Crippen molar-refractivity contribution in [1.82, 2.24) is 19.9 Å². The lowest BCUT2D eigenvalue weighted by Crippen LogP contribution is -2.46. The van der Waals surface area contributed by atoms with Crippen LogP contribution in [-0.4, -0.2) is 97.3 Å². The zero-order chi connectivity index (χ0) is 27.5. The van der Waals surface area contributed by atoms with E-state index in [1.807, 2.05) is 37.4 Å². The number of ether oxygens (including phenoxy) is 3. The Morgan fingerprint density at radius 2 is 1.92 bits per heavy atom. The van der Waals surface area contributed by atoms with Crippen LogP contribution < -0.4 is 14.5 Å². The van der Waals surface area contributed by atoms with Crippen molar-refractivity contribution in [3.05, 3.63) is 35.9 Å². The van der Waals surface area contributed by atoms with Crippen LogP contribution in [0.4, 0.5) is 16.6 Å². The van der Waals surface area contributed by atoms with E-state index >= 15 is 0 Å². The van der Waals surface area contributed by atoms with Crippen molar-refractivity contribution < 1.29 is 24.1 Å². The molecule has 1 N–H and O–H groups in total. The van der Waals surface area contributed by atoms with E-state index in [1.54, 1.807) is 12.0 Å². The van der Waals surface area contributed by atoms with Crippen molar-refractivity contribution >= 4 is 28.9 Å². The Labute approximate surface area is 228 Å². The van der Waals surface area contributed by atoms with E-state index in [-0.39, 0.29) is 24.8 Å². The number of nitrogens with zero attached hydrogens (tertiary/aromatic N) is 6. The normalized spacial score (nSPS) is 18.3. The quantitative estimate of drug-likeness (QED) is 0.504. The first-order chi connectivity index (χ1) is 18.9. The zero-order valence-electron chi connectivity index (χ0n) is 23.0. The molecule has 3 aromatic rings. The molecule has 39 heavy (non-hydrogen) atoms. The summed E-state index contributed by atoms with van der Waals surface area (Å²) < 4.78 is 15.9. The maximum absolute atomic E-state index is 12.0. The van der Waals surface area contributed by atoms with Gasteiger partial charge in [-0.05, 0) is 50.1 Å². The maximum Gasteiger partial charge on any atom is 0.409 e. The molecule has 11 nitrogen and oxygen atoms in total. The largest absolute Gasteiger partial charge is 0.496 e. The second-order valence-electron chi connectivity index (χ2n) is 10.0. The van der Waals surface area contributed by atoms with Crippen molar-refractivity contribution in [1.29, 1.82) is 0 Å². The van der Waals surface area contributed by atoms with Gasteiger partial charge in [-0.25, -0.2) is 9.78 Å². The predicted molar refractivity (Wildman–Crippen MR) is 148 cm³/mol. The summed E-state index contributed by atoms with van der Waals surface area (Å²) in [4.78, 5) is 33.0. The third-order valence-electron chi connectivity index (χ3n) is 7.67. The molecule has 1 aromatic carbocycles. The van der Waals surface area contributed by atoms with Gasteiger partial charge in [-0.2, -0.15) is 9.97 Å². The fourth-order valence-corrected chi connectivity index (χ4v) is 5.35. The summed E-state index contributed by atoms with van der Waals surface area (Å²) in [7, 11) is 5.01. The molecule has 208 valence electrons. The van der Waals surface area contributed by atoms with E-state index in [1.165, 1.54) is 7.11 Å². The lowest BCUT2D eigenvalue weighted by molar-refractivity contribution is 0.0986. The van der Waals surface area contributed by atoms with E-state index in [2.05, 4.69) is 16.7 Å². The smallest absolute Gasteiger partial charge is 0.409 e. The Morgan fingerprint density at radius 3 is 2.62 bits per heavy atom. The summed E-state index contributed by atoms with van der Waals surface area (Å²) in [6.45, 7) is 5.24. The molecular formula is C28H36N6O5. The van der Waals surface area contributed by atoms with Crippen molar-refractivity contribution in [2.24, 2.45) is 0 Å². The second kappa shape index (κ2) is 11.6. The Hall–Kier alpha value is -3.70. The molecule has 4 heterocycles. The van der Waals surface area contributed by atoms with Crippen LogP contribution >= 0.6 is 0 Å². The van der Waals surface area contributed by atoms with Crippen LogP contribution in [-0.2, 0) is 16.1 Å². The summed E-state index contributed by atoms with van der Waals surface area (Å²) in [5.41, 5.74) is 2.92. The van der Waals surface area contributed by atoms with E-state index in [4.69, 9.17) is 29.2 Å². The Morgan fingerprint density at radius 1 is 1.13 bits per heavy atom. The average molecular weight is 537 g/mol. The van der Waals surface area contributed by atoms with E-state index < -0.39 is 0 Å². The van der Waals surface area contributed by atoms with Crippen LogP contribution in [0.2, 0.25) is 0 Å². The highest BCUT2D eigenvalue weighted by molar-refractivity contribution is 5.90. The molecular weight excluding hydrogens is 500 g/mol. The predicted octanol–water partition coefficient (Wildman–Crippen LogP) is 3.08. The number of pyridine rings is 1. The van der Waals surface area contributed by atoms with Crippen LogP contribution in [0.25, 0.3) is 22.3 Å². The SMILES string of the molecule is COC(=O)N1CCC(N(C)c2nc(N3CCOCC3C)c3ccc(-c4ccc(OC)c(CO)c4)nc3n2)CC1. The van der Waals surface area contributed by atoms with Crippen LogP contribution in [0.3, 0.4) is 0 Å². The third-order valence-corrected chi connectivity index (χ3v) is 7.67. The minimum atomic E-state index is -0.290. The van der Waals surface area contributed by atoms with Gasteiger partial charge in [0.1, 0.15) is 11.6 Å². The van der Waals surface area contributed by atoms with Gasteiger partial charge >= 0.3 is 6.09 Å². The molecule has 2 aliphatic rings. The van der Waals surface area contributed by atoms with Crippen LogP contribution in [0.15, 0.2) is 30.3 Å². The Kier molecular flexibility index (Phi) is 7.99. The van der Waals surface area contributed by atoms with Crippen molar-refractivity contribution in [3.8, 4) is 17.0 Å². The topological polar surface area (TPSA) is 113 Å². The number of morpholine rings is 1. The summed E-state index contributed by atoms with van der Waals surface area (Å²) in [5.74, 6) is 2.08. The number of carbonyl (C=O) groups excluding carboxylic acids is 1. The number of anilines is 2. The molecule has 5 rings (SSSR count). The van der Waals surface area contributed by atoms with E-state index in [9.17, 15) is 9.90 Å². The molecule has 1 atom stereocenters. The number of aliphatic hydroxyl groups is 1. The molecule has 2 saturated heterocycles. The highest BCUT2D eigenvalue weighted by Gasteiger charge is 2.29. The fourth-order valence-electron chi connectivity index (χ4n) is 5.35. The van der Waals surface area contributed by atoms with Crippen molar-refractivity contribution in [2.75, 3.05) is 63.9 Å². The van der Waals surface area contributed by atoms with Crippen molar-refractivity contribution in [2.45, 2.75) is 38.5 Å². The Balaban J connectivity index is 1.53. The number of methoxy groups -OCH3 is 2. The van der Waals surface area contributed by atoms with Gasteiger partial charge in [0, 0.05) is 43.9 Å². The van der Waals surface area contributed by atoms with E-state index in [0.717, 1.165) is 41.8 Å². The van der Waals surface area contributed by atoms with Crippen LogP contribution in [0.5, 0.6) is 5.75 Å². The third kappa shape index (κ3) is 5.41. The van der Waals surface area contributed by atoms with Crippen LogP contribution in [0, 0.1) is 0 Å². The average Bonchev–Trinajstić information content (AvgIpc) is 2.99. The number of rotatable bonds is 6. The lowest BCUT2D eigenvalue weighted by Gasteiger charge is -2.37. The summed E-state index contributed by atoms with van der Waals surface area (Å²) in [6, 6.07) is 9.99. The number of hydrogen-bond donors (Lipinski definition) is 1. The summed E-state index contributed by atoms with van der Waals surface area (Å²) in [5, 5.41) is 10.7. The Bertz CT molecular complexity index is 1330. The molecule has 2 fully saturated rings. The number of aromatic nitrogens is 3. The molecule has 2 aliphatic heterocycles. The second-order valence-corrected chi connectivity index (χ2v) is 10.0. The molecule has 0 spiro atoms. The summed E-state index contributed by atoms with van der Waals surface area (Å²) >= 11 is 0. The molecule has 0 bridgehead atoms. The minimum absolute atomic E-state index is 0.129. The molecule has 0 aliphatic carbocycles. The number of aliphatic hydroxyl groups excluding tert-OH is 1. The molecule has 0 radical (unpaired) electrons. The van der Waals surface area contributed by atoms with Crippen molar-refractivity contribution in [3.63, 3.8) is 0 Å². The number of likely N-dealkylation sites (tertiary alicyclic amines) is 1. The lowest BCUT2D eigenvalue weighted by atomic mass is 10.0. The van der Waals surface area contributed by atoms with Crippen LogP contribution in [0.1, 0.15) is 25.3 Å². The minimum Gasteiger partial charge on any atom is -0.496 e. The first kappa shape index (κ1) is 26.9. The number of fused-ring (bicyclic) bond motifs is 1. The van der Waals surface area contributed by atoms with Gasteiger partial charge in [-0.15, -0.1) is 0 Å². The number of carbonyl (C=O) groups is 1. The zero-order valence-corrected chi connectivity index (χ0v) is 23.0. The van der Waals surface area contributed by atoms with Gasteiger partial charge in [0.25, 0.3) is 0 Å². The van der Waals surface area contributed by atoms with E-state index in [0.29, 0.717) is 49.2 Å². The van der Waals surface area contributed by atoms with Gasteiger partial charge in [-0.1, -0.05) is 0 Å². The maximum atomic E-state index is 12.0. The summed E-state index contributed by atoms with van der Waals surface area (Å²) in [6.07, 6.45) is 1.29. The molecule has 1 amide bonds. The standard InChI is InChI=1S/C28H36N6O5/c1-18-17-39-14-13-34(18)26-22-6-7-23(19-5-8-24(37-3)20(15-19)16-35)29-25(22)30-27(31-26)32(2)21-9-11-33(12-10-21)28(36)38-4/h5-8,15,18,21,35H,9-14,16-17H2,1-4H3. The fraction of sp³-hybridized carbons (Fsp3) is 0.500. The molecule has 1 unspecified atom stereocenters. The van der Waals surface area contributed by atoms with Gasteiger partial charge in [0.15, 0.2) is 5.65 Å². The number of amides is 1. The molecule has 2 aromatic heterocycles. The van der Waals surface area contributed by atoms with Gasteiger partial charge in [-0.3, -0.25) is 0 Å².